The molecule has 0 radical (unpaired) electrons. The monoisotopic (exact) mass is 2050 g/mol. The minimum atomic E-state index is -0.574. The lowest BCUT2D eigenvalue weighted by Gasteiger charge is -2.25. The molecule has 0 saturated carbocycles. The molecular weight excluding hydrogens is 1940 g/mol. The molecule has 18 rings (SSSR count). The fraction of sp³-hybridized carbons (Fsp3) is 0.232. The van der Waals surface area contributed by atoms with Gasteiger partial charge in [-0.15, -0.1) is 22.7 Å². The molecular formula is C95H111N43O6S3. The van der Waals surface area contributed by atoms with E-state index in [2.05, 4.69) is 152 Å². The lowest BCUT2D eigenvalue weighted by molar-refractivity contribution is 0.0346. The zero-order chi connectivity index (χ0) is 106. The minimum absolute atomic E-state index is 0.0472. The molecule has 1 aliphatic rings. The van der Waals surface area contributed by atoms with Gasteiger partial charge in [-0.25, -0.2) is 88.9 Å². The first-order valence-corrected chi connectivity index (χ1v) is 47.1. The van der Waals surface area contributed by atoms with Crippen LogP contribution in [-0.2, 0) is 43.7 Å². The average molecular weight is 2050 g/mol. The summed E-state index contributed by atoms with van der Waals surface area (Å²) in [4.78, 5) is 88.4. The summed E-state index contributed by atoms with van der Waals surface area (Å²) in [6.45, 7) is 17.7. The van der Waals surface area contributed by atoms with E-state index in [-0.39, 0.29) is 57.1 Å². The van der Waals surface area contributed by atoms with Crippen LogP contribution in [0.1, 0.15) is 124 Å². The second kappa shape index (κ2) is 48.5. The number of furan rings is 2. The molecule has 0 unspecified atom stereocenters. The predicted octanol–water partition coefficient (Wildman–Crippen LogP) is 11.3. The molecule has 1 aliphatic heterocycles. The van der Waals surface area contributed by atoms with Crippen LogP contribution in [0.2, 0.25) is 0 Å². The van der Waals surface area contributed by atoms with Crippen molar-refractivity contribution in [2.75, 3.05) is 128 Å². The fourth-order valence-corrected chi connectivity index (χ4v) is 17.1. The number of nitrogen functional groups attached to an aromatic ring is 7. The third kappa shape index (κ3) is 26.2. The highest BCUT2D eigenvalue weighted by atomic mass is 32.2. The van der Waals surface area contributed by atoms with Crippen molar-refractivity contribution in [3.8, 4) is 22.7 Å². The number of nitrogens with zero attached hydrogens (tertiary/aromatic N) is 22. The van der Waals surface area contributed by atoms with Crippen LogP contribution in [-0.4, -0.2) is 227 Å². The molecule has 15 heterocycles. The molecule has 760 valence electrons. The van der Waals surface area contributed by atoms with Crippen LogP contribution < -0.4 is 77.8 Å². The third-order valence-electron chi connectivity index (χ3n) is 21.6. The van der Waals surface area contributed by atoms with E-state index in [9.17, 15) is 9.59 Å². The van der Waals surface area contributed by atoms with Crippen LogP contribution in [0.15, 0.2) is 156 Å². The maximum absolute atomic E-state index is 11.7. The van der Waals surface area contributed by atoms with E-state index >= 15 is 0 Å². The van der Waals surface area contributed by atoms with Crippen LogP contribution in [0.5, 0.6) is 0 Å². The van der Waals surface area contributed by atoms with Crippen LogP contribution in [0.4, 0.5) is 74.6 Å². The van der Waals surface area contributed by atoms with Gasteiger partial charge in [0, 0.05) is 109 Å². The van der Waals surface area contributed by atoms with Gasteiger partial charge in [0.2, 0.25) is 0 Å². The number of alkyl carbamates (subject to hydrolysis) is 1. The van der Waals surface area contributed by atoms with Crippen molar-refractivity contribution < 1.29 is 27.9 Å². The van der Waals surface area contributed by atoms with E-state index in [0.29, 0.717) is 143 Å². The number of anilines is 12. The first-order valence-electron chi connectivity index (χ1n) is 44.7. The van der Waals surface area contributed by atoms with Gasteiger partial charge in [0.05, 0.1) is 113 Å². The molecule has 0 aliphatic carbocycles. The highest BCUT2D eigenvalue weighted by Crippen LogP contribution is 2.36. The first-order chi connectivity index (χ1) is 70.3. The number of aromatic nitrogens is 21. The molecule has 1 saturated heterocycles. The number of hydrogen-bond donors (Lipinski definition) is 21. The normalized spacial score (nSPS) is 11.5. The molecule has 0 atom stereocenters. The lowest BCUT2D eigenvalue weighted by Crippen LogP contribution is -2.35. The van der Waals surface area contributed by atoms with Crippen molar-refractivity contribution >= 4 is 188 Å². The van der Waals surface area contributed by atoms with Gasteiger partial charge in [-0.2, -0.15) is 15.3 Å². The number of hydrogen-bond acceptors (Lipinski definition) is 47. The highest BCUT2D eigenvalue weighted by Gasteiger charge is 2.27. The number of thioether (sulfide) groups is 1. The fourth-order valence-electron chi connectivity index (χ4n) is 14.7. The summed E-state index contributed by atoms with van der Waals surface area (Å²) in [7, 11) is 14.1. The van der Waals surface area contributed by atoms with E-state index < -0.39 is 11.7 Å². The maximum atomic E-state index is 11.7. The lowest BCUT2D eigenvalue weighted by atomic mass is 10.0. The molecule has 49 nitrogen and oxygen atoms in total. The predicted molar refractivity (Wildman–Crippen MR) is 576 cm³/mol. The topological polar surface area (TPSA) is 776 Å². The number of amides is 1. The Balaban J connectivity index is 0.000000153. The summed E-state index contributed by atoms with van der Waals surface area (Å²) in [5.41, 5.74) is 59.1. The van der Waals surface area contributed by atoms with Gasteiger partial charge in [-0.3, -0.25) is 52.2 Å². The van der Waals surface area contributed by atoms with Crippen LogP contribution >= 0.6 is 34.4 Å². The molecule has 17 aromatic rings. The van der Waals surface area contributed by atoms with Crippen molar-refractivity contribution in [2.45, 2.75) is 67.2 Å². The van der Waals surface area contributed by atoms with Gasteiger partial charge in [-0.05, 0) is 109 Å². The van der Waals surface area contributed by atoms with Crippen LogP contribution in [0.25, 0.3) is 55.7 Å². The van der Waals surface area contributed by atoms with Crippen molar-refractivity contribution in [3.63, 3.8) is 0 Å². The van der Waals surface area contributed by atoms with Crippen molar-refractivity contribution in [1.29, 1.82) is 37.9 Å². The Morgan fingerprint density at radius 1 is 0.497 bits per heavy atom. The van der Waals surface area contributed by atoms with Gasteiger partial charge in [-0.1, -0.05) is 60.2 Å². The number of morpholine rings is 1. The molecule has 14 aromatic heterocycles. The number of aldehydes is 1. The number of amidine groups is 1. The number of thiophene rings is 1. The summed E-state index contributed by atoms with van der Waals surface area (Å²) in [6, 6.07) is 31.3. The van der Waals surface area contributed by atoms with Crippen molar-refractivity contribution in [1.82, 2.24) is 114 Å². The van der Waals surface area contributed by atoms with E-state index in [1.54, 1.807) is 132 Å². The molecule has 1 amide bonds. The zero-order valence-corrected chi connectivity index (χ0v) is 85.3. The molecule has 0 spiro atoms. The number of benzene rings is 3. The van der Waals surface area contributed by atoms with E-state index in [1.807, 2.05) is 75.9 Å². The van der Waals surface area contributed by atoms with E-state index in [4.69, 9.17) is 102 Å². The second-order valence-electron chi connectivity index (χ2n) is 32.8. The number of carbonyl (C=O) groups is 2. The van der Waals surface area contributed by atoms with E-state index in [1.165, 1.54) is 66.1 Å². The summed E-state index contributed by atoms with van der Waals surface area (Å²) in [5.74, 6) is 6.13. The Labute approximate surface area is 854 Å². The standard InChI is InChI=1S/C16H22N6O3.C15H17N7.C15H20N6OS.C14H16N8S.C13H13N5.C11H14N6S.C11H9N5O2/c1-16(2,3)25-15(23)20-7-9-5-6-10(24-9)12(17)11-13(18)21-8-22-14(11)19-4;1-8-10-5-4-9(6-11(10)22(3)21-8)13(16)12-14(17)19-7-20-15(12)18-2;1-18-15-12(14(17)19-9-20-15)13(16)11-3-2-10(23-11)8-21-4-6-22-7-5-21;1-20-13-9(11(16)21-6-22-13)10(15)7-2-4-8(5-3-7)12(17)23-14(18)19;1-8-4-3-5-9(6-8)11-10-12(14)15-7-16-13(10)18(2)17-11;1-5-9(18-6(2)17-5)8(12)7-10(13)15-4-16-11(7)14-3;1-16-11-8(10(12)13-5-14-11)9(15-16)7-3-2-6(4-17)18-7/h5-6,8,17H,7H2,1-4H3,(H,20,23)(H3,18,19,21,22);4-7,16H,1-3H3,(H3,17,18,19,20);2-3,9,16H,4-8H2,1H3,(H3,17,18,19,20);2-6,15,17H,1H3,(H3,18,19)(H3,16,20,21,22);3-7H,1-2H3,(H2,14,15,16);4,12H,1-3H3,(H3,13,14,15,16);2-5H,1H3,(H2,12,13,14). The Kier molecular flexibility index (Phi) is 35.5. The Hall–Kier alpha value is -18.2. The SMILES string of the molecule is CNc1ncnc(N)c1C(=N)c1ccc(C(=N)SC(=N)N)cc1.CNc1ncnc(N)c1C(=N)c1ccc(CN2CCOCC2)s1.CNc1ncnc(N)c1C(=N)c1ccc(CNC(=O)OC(C)(C)C)o1.CNc1ncnc(N)c1C(=N)c1ccc2c(C)nn(C)c2c1.CNc1ncnc(N)c1C(=N)c1sc(C)nc1C.Cc1cccc(-c2nn(C)c3ncnc(N)c23)c1.Cn1nc(-c2ccc(C=O)o2)c2c(N)ncnc21. The van der Waals surface area contributed by atoms with Crippen LogP contribution in [0, 0.1) is 65.6 Å². The van der Waals surface area contributed by atoms with Gasteiger partial charge in [0.15, 0.2) is 40.0 Å². The van der Waals surface area contributed by atoms with Crippen molar-refractivity contribution in [2.24, 2.45) is 26.9 Å². The minimum Gasteiger partial charge on any atom is -0.458 e. The first kappa shape index (κ1) is 108. The Morgan fingerprint density at radius 3 is 1.46 bits per heavy atom. The van der Waals surface area contributed by atoms with Gasteiger partial charge in [0.25, 0.3) is 0 Å². The van der Waals surface area contributed by atoms with Gasteiger partial charge in [0.1, 0.15) is 148 Å². The molecule has 0 bridgehead atoms. The number of fused-ring (bicyclic) bond motifs is 3. The van der Waals surface area contributed by atoms with Crippen molar-refractivity contribution in [3.05, 3.63) is 246 Å². The number of thiazole rings is 1. The summed E-state index contributed by atoms with van der Waals surface area (Å²) in [6.07, 6.45) is 9.73. The number of carbonyl (C=O) groups excluding carboxylic acids is 2. The Bertz CT molecular complexity index is 7720. The number of rotatable bonds is 23. The molecule has 147 heavy (non-hydrogen) atoms. The van der Waals surface area contributed by atoms with Gasteiger partial charge >= 0.3 is 6.09 Å². The quantitative estimate of drug-likeness (QED) is 0.0161. The average Bonchev–Trinajstić information content (AvgIpc) is 1.61. The largest absolute Gasteiger partial charge is 0.458 e. The number of nitrogens with two attached hydrogens (primary N) is 8. The highest BCUT2D eigenvalue weighted by molar-refractivity contribution is 8.26. The zero-order valence-electron chi connectivity index (χ0n) is 82.8. The second-order valence-corrected chi connectivity index (χ2v) is 36.2. The molecule has 1 fully saturated rings. The summed E-state index contributed by atoms with van der Waals surface area (Å²) < 4.78 is 26.6. The van der Waals surface area contributed by atoms with E-state index in [0.717, 1.165) is 110 Å². The number of nitrogens with one attached hydrogen (secondary N) is 13. The number of aryl methyl sites for hydroxylation is 7. The van der Waals surface area contributed by atoms with Crippen LogP contribution in [0.3, 0.4) is 0 Å². The summed E-state index contributed by atoms with van der Waals surface area (Å²) >= 11 is 3.95. The maximum Gasteiger partial charge on any atom is 0.408 e. The Morgan fingerprint density at radius 2 is 0.973 bits per heavy atom. The smallest absolute Gasteiger partial charge is 0.408 e. The molecule has 52 heteroatoms. The number of ether oxygens (including phenoxy) is 2. The summed E-state index contributed by atoms with van der Waals surface area (Å²) in [5, 5.41) is 90.7. The molecule has 3 aromatic carbocycles. The molecule has 29 N–H and O–H groups in total. The van der Waals surface area contributed by atoms with Gasteiger partial charge < -0.3 is 96.1 Å². The third-order valence-corrected chi connectivity index (χ3v) is 24.4.